The molecule has 0 radical (unpaired) electrons. The van der Waals surface area contributed by atoms with Gasteiger partial charge in [-0.15, -0.1) is 0 Å². The maximum Gasteiger partial charge on any atom is 0.365 e. The van der Waals surface area contributed by atoms with Crippen molar-refractivity contribution in [3.05, 3.63) is 12.2 Å². The van der Waals surface area contributed by atoms with Crippen LogP contribution in [-0.2, 0) is 19.4 Å². The van der Waals surface area contributed by atoms with Crippen molar-refractivity contribution in [2.24, 2.45) is 17.3 Å². The number of carbonyl (C=O) groups is 2. The first-order chi connectivity index (χ1) is 7.41. The summed E-state index contributed by atoms with van der Waals surface area (Å²) in [6, 6.07) is 0. The first kappa shape index (κ1) is 13.2. The molecule has 0 aromatic heterocycles. The van der Waals surface area contributed by atoms with E-state index in [2.05, 4.69) is 9.78 Å². The van der Waals surface area contributed by atoms with Crippen molar-refractivity contribution in [2.75, 3.05) is 6.61 Å². The van der Waals surface area contributed by atoms with E-state index in [1.165, 1.54) is 6.08 Å². The van der Waals surface area contributed by atoms with Gasteiger partial charge in [-0.2, -0.15) is 4.89 Å². The van der Waals surface area contributed by atoms with Gasteiger partial charge in [0.05, 0.1) is 6.61 Å². The molecule has 0 spiro atoms. The molecule has 90 valence electrons. The van der Waals surface area contributed by atoms with E-state index in [-0.39, 0.29) is 22.5 Å². The Bertz CT molecular complexity index is 322. The molecule has 0 amide bonds. The highest BCUT2D eigenvalue weighted by Gasteiger charge is 2.59. The van der Waals surface area contributed by atoms with Gasteiger partial charge in [-0.1, -0.05) is 19.9 Å². The Kier molecular flexibility index (Phi) is 4.10. The van der Waals surface area contributed by atoms with E-state index in [1.54, 1.807) is 13.0 Å². The second kappa shape index (κ2) is 4.97. The number of hydrogen-bond acceptors (Lipinski definition) is 4. The van der Waals surface area contributed by atoms with Crippen LogP contribution in [0.15, 0.2) is 12.2 Å². The molecule has 0 aromatic rings. The molecule has 0 N–H and O–H groups in total. The third kappa shape index (κ3) is 2.83. The van der Waals surface area contributed by atoms with Crippen LogP contribution in [-0.4, -0.2) is 17.8 Å². The van der Waals surface area contributed by atoms with Gasteiger partial charge in [0.25, 0.3) is 0 Å². The summed E-state index contributed by atoms with van der Waals surface area (Å²) in [6.07, 6.45) is 2.91. The van der Waals surface area contributed by atoms with Crippen LogP contribution >= 0.6 is 11.6 Å². The highest BCUT2D eigenvalue weighted by molar-refractivity contribution is 6.64. The average Bonchev–Trinajstić information content (AvgIpc) is 2.74. The van der Waals surface area contributed by atoms with E-state index in [4.69, 9.17) is 11.6 Å². The summed E-state index contributed by atoms with van der Waals surface area (Å²) in [6.45, 7) is 5.88. The van der Waals surface area contributed by atoms with E-state index in [1.807, 2.05) is 13.8 Å². The molecule has 16 heavy (non-hydrogen) atoms. The average molecular weight is 247 g/mol. The fraction of sp³-hybridized carbons (Fsp3) is 0.636. The van der Waals surface area contributed by atoms with E-state index in [0.717, 1.165) is 0 Å². The molecule has 0 aliphatic heterocycles. The lowest BCUT2D eigenvalue weighted by atomic mass is 10.1. The highest BCUT2D eigenvalue weighted by atomic mass is 35.5. The zero-order valence-corrected chi connectivity index (χ0v) is 10.3. The summed E-state index contributed by atoms with van der Waals surface area (Å²) in [5.74, 6) is -0.803. The van der Waals surface area contributed by atoms with Gasteiger partial charge in [0, 0.05) is 12.0 Å². The van der Waals surface area contributed by atoms with E-state index in [0.29, 0.717) is 6.61 Å². The molecule has 0 heterocycles. The lowest BCUT2D eigenvalue weighted by Gasteiger charge is -1.97. The third-order valence-corrected chi connectivity index (χ3v) is 3.09. The maximum atomic E-state index is 11.1. The topological polar surface area (TPSA) is 52.6 Å². The van der Waals surface area contributed by atoms with Gasteiger partial charge in [-0.05, 0) is 29.9 Å². The summed E-state index contributed by atoms with van der Waals surface area (Å²) >= 11 is 5.44. The molecular formula is C11H15ClO4. The predicted molar refractivity (Wildman–Crippen MR) is 58.5 cm³/mol. The van der Waals surface area contributed by atoms with Gasteiger partial charge in [-0.3, -0.25) is 9.68 Å². The van der Waals surface area contributed by atoms with Crippen LogP contribution in [0.1, 0.15) is 20.8 Å². The number of allylic oxidation sites excluding steroid dienone is 1. The van der Waals surface area contributed by atoms with Crippen LogP contribution in [0, 0.1) is 17.3 Å². The zero-order valence-electron chi connectivity index (χ0n) is 9.53. The second-order valence-corrected chi connectivity index (χ2v) is 4.67. The molecule has 0 bridgehead atoms. The third-order valence-electron chi connectivity index (χ3n) is 2.85. The van der Waals surface area contributed by atoms with Gasteiger partial charge in [0.15, 0.2) is 0 Å². The second-order valence-electron chi connectivity index (χ2n) is 4.30. The molecule has 1 aliphatic rings. The molecule has 5 heteroatoms. The molecular weight excluding hydrogens is 232 g/mol. The summed E-state index contributed by atoms with van der Waals surface area (Å²) in [7, 11) is 0. The van der Waals surface area contributed by atoms with Gasteiger partial charge in [0.1, 0.15) is 0 Å². The minimum absolute atomic E-state index is 0.00771. The van der Waals surface area contributed by atoms with Gasteiger partial charge in [0.2, 0.25) is 5.24 Å². The quantitative estimate of drug-likeness (QED) is 0.323. The van der Waals surface area contributed by atoms with Crippen molar-refractivity contribution in [1.82, 2.24) is 0 Å². The maximum absolute atomic E-state index is 11.1. The van der Waals surface area contributed by atoms with Crippen molar-refractivity contribution in [3.63, 3.8) is 0 Å². The molecule has 1 fully saturated rings. The minimum atomic E-state index is -0.578. The van der Waals surface area contributed by atoms with E-state index < -0.39 is 5.97 Å². The van der Waals surface area contributed by atoms with Crippen molar-refractivity contribution in [1.29, 1.82) is 0 Å². The summed E-state index contributed by atoms with van der Waals surface area (Å²) in [5, 5.41) is -0.363. The van der Waals surface area contributed by atoms with Crippen LogP contribution in [0.3, 0.4) is 0 Å². The largest absolute Gasteiger partial charge is 0.365 e. The summed E-state index contributed by atoms with van der Waals surface area (Å²) < 4.78 is 0. The Morgan fingerprint density at radius 3 is 2.50 bits per heavy atom. The molecule has 1 rings (SSSR count). The van der Waals surface area contributed by atoms with Crippen LogP contribution in [0.25, 0.3) is 0 Å². The van der Waals surface area contributed by atoms with Gasteiger partial charge >= 0.3 is 5.97 Å². The van der Waals surface area contributed by atoms with Crippen LogP contribution in [0.5, 0.6) is 0 Å². The zero-order chi connectivity index (χ0) is 12.3. The van der Waals surface area contributed by atoms with Crippen LogP contribution in [0.4, 0.5) is 0 Å². The first-order valence-corrected chi connectivity index (χ1v) is 5.50. The predicted octanol–water partition coefficient (Wildman–Crippen LogP) is 2.07. The molecule has 2 unspecified atom stereocenters. The minimum Gasteiger partial charge on any atom is -0.294 e. The number of hydrogen-bond donors (Lipinski definition) is 0. The van der Waals surface area contributed by atoms with E-state index in [9.17, 15) is 9.59 Å². The van der Waals surface area contributed by atoms with E-state index >= 15 is 0 Å². The first-order valence-electron chi connectivity index (χ1n) is 5.12. The van der Waals surface area contributed by atoms with Crippen LogP contribution < -0.4 is 0 Å². The number of carbonyl (C=O) groups excluding carboxylic acids is 2. The summed E-state index contributed by atoms with van der Waals surface area (Å²) in [5.41, 5.74) is -0.179. The highest BCUT2D eigenvalue weighted by Crippen LogP contribution is 2.59. The standard InChI is InChI=1S/C11H15ClO4/c1-4-15-16-8(13)6-5-7-9(10(12)14)11(7,2)3/h5-7,9H,4H2,1-3H3/b6-5-. The Labute approximate surface area is 99.5 Å². The Morgan fingerprint density at radius 2 is 2.06 bits per heavy atom. The van der Waals surface area contributed by atoms with Crippen molar-refractivity contribution >= 4 is 22.8 Å². The Balaban J connectivity index is 2.47. The number of halogens is 1. The van der Waals surface area contributed by atoms with Gasteiger partial charge < -0.3 is 0 Å². The summed E-state index contributed by atoms with van der Waals surface area (Å²) in [4.78, 5) is 31.0. The van der Waals surface area contributed by atoms with Crippen LogP contribution in [0.2, 0.25) is 0 Å². The molecule has 2 atom stereocenters. The fourth-order valence-corrected chi connectivity index (χ4v) is 2.21. The monoisotopic (exact) mass is 246 g/mol. The van der Waals surface area contributed by atoms with Crippen molar-refractivity contribution < 1.29 is 19.4 Å². The molecule has 0 aromatic carbocycles. The van der Waals surface area contributed by atoms with Crippen molar-refractivity contribution in [3.8, 4) is 0 Å². The number of rotatable bonds is 5. The normalized spacial score (nSPS) is 26.8. The lowest BCUT2D eigenvalue weighted by molar-refractivity contribution is -0.264. The molecule has 1 saturated carbocycles. The smallest absolute Gasteiger partial charge is 0.294 e. The molecule has 1 aliphatic carbocycles. The fourth-order valence-electron chi connectivity index (χ4n) is 1.80. The lowest BCUT2D eigenvalue weighted by Crippen LogP contribution is -2.01. The molecule has 4 nitrogen and oxygen atoms in total. The van der Waals surface area contributed by atoms with Crippen molar-refractivity contribution in [2.45, 2.75) is 20.8 Å². The molecule has 0 saturated heterocycles. The Morgan fingerprint density at radius 1 is 1.44 bits per heavy atom. The SMILES string of the molecule is CCOOC(=O)/C=C\C1C(C(=O)Cl)C1(C)C. The Hall–Kier alpha value is -0.870. The van der Waals surface area contributed by atoms with Gasteiger partial charge in [-0.25, -0.2) is 4.79 Å².